The van der Waals surface area contributed by atoms with Crippen LogP contribution in [0.3, 0.4) is 0 Å². The molecule has 0 radical (unpaired) electrons. The zero-order valence-electron chi connectivity index (χ0n) is 12.2. The van der Waals surface area contributed by atoms with Crippen molar-refractivity contribution in [2.75, 3.05) is 0 Å². The Morgan fingerprint density at radius 1 is 1.11 bits per heavy atom. The number of hydrogen-bond donors (Lipinski definition) is 1. The molecule has 0 unspecified atom stereocenters. The van der Waals surface area contributed by atoms with Crippen LogP contribution in [-0.2, 0) is 19.6 Å². The zero-order chi connectivity index (χ0) is 15.0. The number of hydrogen-bond acceptors (Lipinski definition) is 4. The topological polar surface area (TPSA) is 80.7 Å². The van der Waals surface area contributed by atoms with Crippen molar-refractivity contribution < 1.29 is 22.5 Å². The number of esters is 1. The van der Waals surface area contributed by atoms with Gasteiger partial charge in [-0.3, -0.25) is 9.35 Å². The zero-order valence-corrected chi connectivity index (χ0v) is 13.0. The predicted molar refractivity (Wildman–Crippen MR) is 69.9 cm³/mol. The second-order valence-corrected chi connectivity index (χ2v) is 8.09. The summed E-state index contributed by atoms with van der Waals surface area (Å²) >= 11 is 0. The molecule has 0 aliphatic rings. The number of carbonyl (C=O) groups excluding carboxylic acids is 1. The van der Waals surface area contributed by atoms with E-state index in [-0.39, 0.29) is 0 Å². The van der Waals surface area contributed by atoms with E-state index in [1.54, 1.807) is 13.8 Å². The van der Waals surface area contributed by atoms with Crippen LogP contribution >= 0.6 is 0 Å². The second kappa shape index (κ2) is 4.81. The van der Waals surface area contributed by atoms with E-state index in [2.05, 4.69) is 0 Å². The summed E-state index contributed by atoms with van der Waals surface area (Å²) < 4.78 is 35.7. The Bertz CT molecular complexity index is 418. The molecule has 108 valence electrons. The molecular formula is C12H24O5S. The largest absolute Gasteiger partial charge is 0.457 e. The van der Waals surface area contributed by atoms with Crippen LogP contribution in [0.5, 0.6) is 0 Å². The molecule has 0 aromatic heterocycles. The van der Waals surface area contributed by atoms with Crippen LogP contribution < -0.4 is 0 Å². The van der Waals surface area contributed by atoms with Crippen molar-refractivity contribution in [3.8, 4) is 0 Å². The summed E-state index contributed by atoms with van der Waals surface area (Å²) in [6, 6.07) is 0. The average Bonchev–Trinajstić information content (AvgIpc) is 2.14. The van der Waals surface area contributed by atoms with Gasteiger partial charge in [0.25, 0.3) is 10.1 Å². The first kappa shape index (κ1) is 17.4. The minimum atomic E-state index is -4.34. The monoisotopic (exact) mass is 280 g/mol. The molecule has 0 aliphatic heterocycles. The predicted octanol–water partition coefficient (Wildman–Crippen LogP) is 2.41. The summed E-state index contributed by atoms with van der Waals surface area (Å²) in [5.74, 6) is -0.480. The summed E-state index contributed by atoms with van der Waals surface area (Å²) in [5, 5.41) is 0. The minimum Gasteiger partial charge on any atom is -0.457 e. The molecule has 0 saturated heterocycles. The van der Waals surface area contributed by atoms with Crippen LogP contribution in [0.25, 0.3) is 0 Å². The highest BCUT2D eigenvalue weighted by Gasteiger charge is 2.51. The van der Waals surface area contributed by atoms with Gasteiger partial charge in [0.15, 0.2) is 0 Å². The Labute approximate surface area is 110 Å². The van der Waals surface area contributed by atoms with Crippen molar-refractivity contribution in [3.05, 3.63) is 0 Å². The van der Waals surface area contributed by atoms with E-state index in [4.69, 9.17) is 4.74 Å². The average molecular weight is 280 g/mol. The van der Waals surface area contributed by atoms with E-state index < -0.39 is 31.9 Å². The molecule has 0 rings (SSSR count). The molecule has 0 atom stereocenters. The normalized spacial score (nSPS) is 14.4. The SMILES string of the molecule is CCC(C)(C)C(=O)OC(C)(C)C(C)(C)S(=O)(=O)O. The maximum atomic E-state index is 12.0. The Morgan fingerprint density at radius 3 is 1.78 bits per heavy atom. The van der Waals surface area contributed by atoms with Crippen LogP contribution in [-0.4, -0.2) is 29.3 Å². The molecule has 0 heterocycles. The van der Waals surface area contributed by atoms with Crippen LogP contribution in [0.4, 0.5) is 0 Å². The van der Waals surface area contributed by atoms with Gasteiger partial charge < -0.3 is 4.74 Å². The van der Waals surface area contributed by atoms with Gasteiger partial charge in [-0.2, -0.15) is 8.42 Å². The van der Waals surface area contributed by atoms with E-state index in [0.717, 1.165) is 0 Å². The molecule has 1 N–H and O–H groups in total. The van der Waals surface area contributed by atoms with Gasteiger partial charge in [0.05, 0.1) is 5.41 Å². The maximum absolute atomic E-state index is 12.0. The molecular weight excluding hydrogens is 256 g/mol. The molecule has 0 saturated carbocycles. The van der Waals surface area contributed by atoms with E-state index >= 15 is 0 Å². The summed E-state index contributed by atoms with van der Waals surface area (Å²) in [4.78, 5) is 12.0. The maximum Gasteiger partial charge on any atom is 0.312 e. The molecule has 0 fully saturated rings. The summed E-state index contributed by atoms with van der Waals surface area (Å²) in [6.45, 7) is 10.9. The van der Waals surface area contributed by atoms with Crippen LogP contribution in [0, 0.1) is 5.41 Å². The Morgan fingerprint density at radius 2 is 1.50 bits per heavy atom. The van der Waals surface area contributed by atoms with Gasteiger partial charge in [0.1, 0.15) is 10.3 Å². The first-order chi connectivity index (χ1) is 7.69. The van der Waals surface area contributed by atoms with Gasteiger partial charge in [-0.1, -0.05) is 6.92 Å². The fourth-order valence-electron chi connectivity index (χ4n) is 0.948. The van der Waals surface area contributed by atoms with Crippen molar-refractivity contribution in [1.82, 2.24) is 0 Å². The molecule has 0 spiro atoms. The Balaban J connectivity index is 5.28. The lowest BCUT2D eigenvalue weighted by atomic mass is 9.88. The number of ether oxygens (including phenoxy) is 1. The van der Waals surface area contributed by atoms with Gasteiger partial charge >= 0.3 is 5.97 Å². The van der Waals surface area contributed by atoms with E-state index in [9.17, 15) is 17.8 Å². The van der Waals surface area contributed by atoms with Crippen molar-refractivity contribution in [1.29, 1.82) is 0 Å². The summed E-state index contributed by atoms with van der Waals surface area (Å²) in [7, 11) is -4.34. The lowest BCUT2D eigenvalue weighted by molar-refractivity contribution is -0.170. The van der Waals surface area contributed by atoms with Gasteiger partial charge in [0, 0.05) is 0 Å². The third-order valence-electron chi connectivity index (χ3n) is 3.88. The number of carbonyl (C=O) groups is 1. The van der Waals surface area contributed by atoms with Crippen LogP contribution in [0.15, 0.2) is 0 Å². The van der Waals surface area contributed by atoms with Crippen LogP contribution in [0.1, 0.15) is 54.9 Å². The van der Waals surface area contributed by atoms with Gasteiger partial charge in [0.2, 0.25) is 0 Å². The van der Waals surface area contributed by atoms with Gasteiger partial charge in [-0.25, -0.2) is 0 Å². The standard InChI is InChI=1S/C12H24O5S/c1-8-10(2,3)9(13)17-11(4,5)12(6,7)18(14,15)16/h8H2,1-7H3,(H,14,15,16). The molecule has 6 heteroatoms. The molecule has 18 heavy (non-hydrogen) atoms. The van der Waals surface area contributed by atoms with Crippen molar-refractivity contribution >= 4 is 16.1 Å². The molecule has 0 amide bonds. The summed E-state index contributed by atoms with van der Waals surface area (Å²) in [6.07, 6.45) is 0.578. The summed E-state index contributed by atoms with van der Waals surface area (Å²) in [5.41, 5.74) is -2.02. The lowest BCUT2D eigenvalue weighted by Gasteiger charge is -2.39. The Kier molecular flexibility index (Phi) is 4.64. The molecule has 0 aromatic rings. The first-order valence-electron chi connectivity index (χ1n) is 5.89. The van der Waals surface area contributed by atoms with Crippen molar-refractivity contribution in [3.63, 3.8) is 0 Å². The quantitative estimate of drug-likeness (QED) is 0.618. The van der Waals surface area contributed by atoms with Gasteiger partial charge in [-0.15, -0.1) is 0 Å². The van der Waals surface area contributed by atoms with Crippen molar-refractivity contribution in [2.45, 2.75) is 65.2 Å². The fraction of sp³-hybridized carbons (Fsp3) is 0.917. The third-order valence-corrected chi connectivity index (χ3v) is 5.66. The molecule has 5 nitrogen and oxygen atoms in total. The molecule has 0 aliphatic carbocycles. The minimum absolute atomic E-state index is 0.480. The fourth-order valence-corrected chi connectivity index (χ4v) is 1.61. The van der Waals surface area contributed by atoms with Crippen molar-refractivity contribution in [2.24, 2.45) is 5.41 Å². The van der Waals surface area contributed by atoms with E-state index in [1.807, 2.05) is 6.92 Å². The second-order valence-electron chi connectivity index (χ2n) is 6.12. The Hall–Kier alpha value is -0.620. The highest BCUT2D eigenvalue weighted by molar-refractivity contribution is 7.87. The first-order valence-corrected chi connectivity index (χ1v) is 7.33. The highest BCUT2D eigenvalue weighted by atomic mass is 32.2. The molecule has 0 bridgehead atoms. The lowest BCUT2D eigenvalue weighted by Crippen LogP contribution is -2.54. The highest BCUT2D eigenvalue weighted by Crippen LogP contribution is 2.35. The van der Waals surface area contributed by atoms with E-state index in [1.165, 1.54) is 27.7 Å². The number of rotatable bonds is 5. The molecule has 0 aromatic carbocycles. The van der Waals surface area contributed by atoms with Gasteiger partial charge in [-0.05, 0) is 48.0 Å². The van der Waals surface area contributed by atoms with E-state index in [0.29, 0.717) is 6.42 Å². The third kappa shape index (κ3) is 3.23. The smallest absolute Gasteiger partial charge is 0.312 e. The van der Waals surface area contributed by atoms with Crippen LogP contribution in [0.2, 0.25) is 0 Å².